The van der Waals surface area contributed by atoms with Crippen LogP contribution in [0, 0.1) is 0 Å². The van der Waals surface area contributed by atoms with Crippen LogP contribution in [0.25, 0.3) is 0 Å². The van der Waals surface area contributed by atoms with Crippen LogP contribution in [0.4, 0.5) is 13.2 Å². The highest BCUT2D eigenvalue weighted by atomic mass is 19.4. The molecule has 1 N–H and O–H groups in total. The van der Waals surface area contributed by atoms with E-state index in [1.807, 2.05) is 0 Å². The van der Waals surface area contributed by atoms with Crippen LogP contribution in [-0.2, 0) is 11.0 Å². The van der Waals surface area contributed by atoms with E-state index in [-0.39, 0.29) is 0 Å². The summed E-state index contributed by atoms with van der Waals surface area (Å²) in [4.78, 5) is 10.4. The minimum absolute atomic E-state index is 0.736. The normalized spacial score (nSPS) is 14.0. The average Bonchev–Trinajstić information content (AvgIpc) is 2.49. The maximum absolute atomic E-state index is 12.0. The standard InChI is InChI=1S/C7H7F3N2O2/c1-4(6(13)14)12-3-2-5(11-12)7(8,9)10/h2-4H,1H3,(H,13,14). The summed E-state index contributed by atoms with van der Waals surface area (Å²) in [5.41, 5.74) is -1.09. The van der Waals surface area contributed by atoms with E-state index in [1.54, 1.807) is 0 Å². The smallest absolute Gasteiger partial charge is 0.435 e. The molecule has 78 valence electrons. The summed E-state index contributed by atoms with van der Waals surface area (Å²) in [6, 6.07) is -0.370. The van der Waals surface area contributed by atoms with Gasteiger partial charge in [0.1, 0.15) is 6.04 Å². The summed E-state index contributed by atoms with van der Waals surface area (Å²) in [6.07, 6.45) is -3.55. The molecule has 0 aliphatic carbocycles. The van der Waals surface area contributed by atoms with E-state index < -0.39 is 23.9 Å². The van der Waals surface area contributed by atoms with Gasteiger partial charge in [-0.3, -0.25) is 4.68 Å². The Balaban J connectivity index is 2.94. The molecule has 0 spiro atoms. The van der Waals surface area contributed by atoms with E-state index >= 15 is 0 Å². The fourth-order valence-electron chi connectivity index (χ4n) is 0.818. The summed E-state index contributed by atoms with van der Waals surface area (Å²) < 4.78 is 36.9. The molecule has 4 nitrogen and oxygen atoms in total. The largest absolute Gasteiger partial charge is 0.480 e. The molecule has 1 unspecified atom stereocenters. The number of carbonyl (C=O) groups is 1. The van der Waals surface area contributed by atoms with Crippen molar-refractivity contribution in [1.82, 2.24) is 9.78 Å². The molecule has 1 rings (SSSR count). The summed E-state index contributed by atoms with van der Waals surface area (Å²) in [5, 5.41) is 11.6. The second-order valence-electron chi connectivity index (χ2n) is 2.69. The van der Waals surface area contributed by atoms with Crippen molar-refractivity contribution in [1.29, 1.82) is 0 Å². The number of rotatable bonds is 2. The molecule has 0 aliphatic rings. The fourth-order valence-corrected chi connectivity index (χ4v) is 0.818. The van der Waals surface area contributed by atoms with Gasteiger partial charge in [0.25, 0.3) is 0 Å². The molecule has 0 amide bonds. The van der Waals surface area contributed by atoms with E-state index in [4.69, 9.17) is 5.11 Å². The number of hydrogen-bond donors (Lipinski definition) is 1. The van der Waals surface area contributed by atoms with Gasteiger partial charge in [-0.15, -0.1) is 0 Å². The van der Waals surface area contributed by atoms with Crippen molar-refractivity contribution in [3.8, 4) is 0 Å². The van der Waals surface area contributed by atoms with Gasteiger partial charge in [-0.2, -0.15) is 18.3 Å². The monoisotopic (exact) mass is 208 g/mol. The molecule has 0 saturated heterocycles. The predicted molar refractivity (Wildman–Crippen MR) is 39.6 cm³/mol. The van der Waals surface area contributed by atoms with Crippen LogP contribution in [0.3, 0.4) is 0 Å². The number of aliphatic carboxylic acids is 1. The van der Waals surface area contributed by atoms with Crippen molar-refractivity contribution in [2.24, 2.45) is 0 Å². The maximum atomic E-state index is 12.0. The summed E-state index contributed by atoms with van der Waals surface area (Å²) in [6.45, 7) is 1.25. The zero-order chi connectivity index (χ0) is 10.9. The lowest BCUT2D eigenvalue weighted by Crippen LogP contribution is -2.17. The summed E-state index contributed by atoms with van der Waals surface area (Å²) >= 11 is 0. The molecule has 1 atom stereocenters. The number of carboxylic acids is 1. The Kier molecular flexibility index (Phi) is 2.50. The van der Waals surface area contributed by atoms with Crippen LogP contribution in [0.5, 0.6) is 0 Å². The third kappa shape index (κ3) is 2.04. The van der Waals surface area contributed by atoms with Crippen molar-refractivity contribution in [2.75, 3.05) is 0 Å². The lowest BCUT2D eigenvalue weighted by Gasteiger charge is -2.06. The summed E-state index contributed by atoms with van der Waals surface area (Å²) in [5.74, 6) is -1.23. The number of aromatic nitrogens is 2. The minimum atomic E-state index is -4.54. The second-order valence-corrected chi connectivity index (χ2v) is 2.69. The van der Waals surface area contributed by atoms with Crippen LogP contribution >= 0.6 is 0 Å². The van der Waals surface area contributed by atoms with Gasteiger partial charge in [0.2, 0.25) is 0 Å². The first-order valence-electron chi connectivity index (χ1n) is 3.67. The Morgan fingerprint density at radius 1 is 1.64 bits per heavy atom. The Labute approximate surface area is 77.0 Å². The van der Waals surface area contributed by atoms with Crippen LogP contribution in [-0.4, -0.2) is 20.9 Å². The van der Waals surface area contributed by atoms with Gasteiger partial charge in [0.05, 0.1) is 0 Å². The van der Waals surface area contributed by atoms with Crippen molar-refractivity contribution >= 4 is 5.97 Å². The van der Waals surface area contributed by atoms with E-state index in [1.165, 1.54) is 6.92 Å². The molecule has 7 heteroatoms. The van der Waals surface area contributed by atoms with Crippen molar-refractivity contribution in [2.45, 2.75) is 19.1 Å². The molecular formula is C7H7F3N2O2. The van der Waals surface area contributed by atoms with Gasteiger partial charge >= 0.3 is 12.1 Å². The minimum Gasteiger partial charge on any atom is -0.480 e. The molecule has 0 aromatic carbocycles. The molecule has 1 heterocycles. The Morgan fingerprint density at radius 2 is 2.21 bits per heavy atom. The summed E-state index contributed by atoms with van der Waals surface area (Å²) in [7, 11) is 0. The van der Waals surface area contributed by atoms with Crippen LogP contribution in [0.1, 0.15) is 18.7 Å². The Bertz CT molecular complexity index is 345. The molecule has 0 saturated carbocycles. The quantitative estimate of drug-likeness (QED) is 0.802. The van der Waals surface area contributed by atoms with E-state index in [0.717, 1.165) is 16.9 Å². The average molecular weight is 208 g/mol. The Hall–Kier alpha value is -1.53. The number of hydrogen-bond acceptors (Lipinski definition) is 2. The lowest BCUT2D eigenvalue weighted by molar-refractivity contribution is -0.144. The molecular weight excluding hydrogens is 201 g/mol. The van der Waals surface area contributed by atoms with Gasteiger partial charge in [-0.1, -0.05) is 0 Å². The van der Waals surface area contributed by atoms with Crippen LogP contribution < -0.4 is 0 Å². The highest BCUT2D eigenvalue weighted by Gasteiger charge is 2.34. The zero-order valence-corrected chi connectivity index (χ0v) is 7.12. The highest BCUT2D eigenvalue weighted by Crippen LogP contribution is 2.27. The van der Waals surface area contributed by atoms with Crippen LogP contribution in [0.2, 0.25) is 0 Å². The van der Waals surface area contributed by atoms with Crippen molar-refractivity contribution < 1.29 is 23.1 Å². The van der Waals surface area contributed by atoms with Crippen molar-refractivity contribution in [3.63, 3.8) is 0 Å². The highest BCUT2D eigenvalue weighted by molar-refractivity contribution is 5.71. The topological polar surface area (TPSA) is 55.1 Å². The lowest BCUT2D eigenvalue weighted by atomic mass is 10.4. The maximum Gasteiger partial charge on any atom is 0.435 e. The molecule has 0 radical (unpaired) electrons. The molecule has 0 aliphatic heterocycles. The van der Waals surface area contributed by atoms with E-state index in [9.17, 15) is 18.0 Å². The third-order valence-electron chi connectivity index (χ3n) is 1.65. The van der Waals surface area contributed by atoms with E-state index in [0.29, 0.717) is 0 Å². The van der Waals surface area contributed by atoms with Crippen LogP contribution in [0.15, 0.2) is 12.3 Å². The zero-order valence-electron chi connectivity index (χ0n) is 7.12. The molecule has 0 bridgehead atoms. The number of nitrogens with zero attached hydrogens (tertiary/aromatic N) is 2. The van der Waals surface area contributed by atoms with E-state index in [2.05, 4.69) is 5.10 Å². The van der Waals surface area contributed by atoms with Gasteiger partial charge in [0.15, 0.2) is 5.69 Å². The number of halogens is 3. The first-order chi connectivity index (χ1) is 6.32. The molecule has 1 aromatic rings. The van der Waals surface area contributed by atoms with Gasteiger partial charge in [0, 0.05) is 6.20 Å². The fraction of sp³-hybridized carbons (Fsp3) is 0.429. The third-order valence-corrected chi connectivity index (χ3v) is 1.65. The number of alkyl halides is 3. The number of carboxylic acid groups (broad SMARTS) is 1. The SMILES string of the molecule is CC(C(=O)O)n1ccc(C(F)(F)F)n1. The first-order valence-corrected chi connectivity index (χ1v) is 3.67. The second kappa shape index (κ2) is 3.32. The van der Waals surface area contributed by atoms with Gasteiger partial charge in [-0.05, 0) is 13.0 Å². The van der Waals surface area contributed by atoms with Crippen molar-refractivity contribution in [3.05, 3.63) is 18.0 Å². The molecule has 14 heavy (non-hydrogen) atoms. The van der Waals surface area contributed by atoms with Gasteiger partial charge < -0.3 is 5.11 Å². The molecule has 0 fully saturated rings. The first kappa shape index (κ1) is 10.6. The molecule has 1 aromatic heterocycles. The Morgan fingerprint density at radius 3 is 2.57 bits per heavy atom. The van der Waals surface area contributed by atoms with Gasteiger partial charge in [-0.25, -0.2) is 4.79 Å². The predicted octanol–water partition coefficient (Wildman–Crippen LogP) is 1.55.